The van der Waals surface area contributed by atoms with Crippen LogP contribution in [0.1, 0.15) is 36.7 Å². The molecule has 1 N–H and O–H groups in total. The van der Waals surface area contributed by atoms with E-state index in [1.807, 2.05) is 6.92 Å². The normalized spacial score (nSPS) is 15.0. The molecule has 9 nitrogen and oxygen atoms in total. The van der Waals surface area contributed by atoms with Crippen molar-refractivity contribution >= 4 is 42.6 Å². The molecule has 0 radical (unpaired) electrons. The van der Waals surface area contributed by atoms with Crippen molar-refractivity contribution in [1.29, 1.82) is 0 Å². The van der Waals surface area contributed by atoms with E-state index in [4.69, 9.17) is 0 Å². The van der Waals surface area contributed by atoms with Gasteiger partial charge >= 0.3 is 0 Å². The van der Waals surface area contributed by atoms with Crippen LogP contribution >= 0.6 is 11.3 Å². The molecule has 3 aromatic rings. The Labute approximate surface area is 177 Å². The van der Waals surface area contributed by atoms with Crippen LogP contribution in [0.25, 0.3) is 10.2 Å². The molecular formula is C19H21N5O4S2. The third-order valence-corrected chi connectivity index (χ3v) is 7.65. The Morgan fingerprint density at radius 1 is 1.20 bits per heavy atom. The number of nitrogens with zero attached hydrogens (tertiary/aromatic N) is 4. The van der Waals surface area contributed by atoms with Gasteiger partial charge in [-0.3, -0.25) is 14.9 Å². The fourth-order valence-electron chi connectivity index (χ4n) is 3.30. The molecule has 1 amide bonds. The number of anilines is 1. The number of sulfonamides is 1. The number of hydrogen-bond acceptors (Lipinski definition) is 7. The van der Waals surface area contributed by atoms with E-state index in [2.05, 4.69) is 15.4 Å². The first-order valence-electron chi connectivity index (χ1n) is 9.69. The minimum absolute atomic E-state index is 0.111. The van der Waals surface area contributed by atoms with Gasteiger partial charge < -0.3 is 0 Å². The van der Waals surface area contributed by atoms with Crippen LogP contribution in [0.2, 0.25) is 0 Å². The molecule has 0 spiro atoms. The smallest absolute Gasteiger partial charge is 0.277 e. The van der Waals surface area contributed by atoms with Gasteiger partial charge in [0.15, 0.2) is 5.13 Å². The van der Waals surface area contributed by atoms with Gasteiger partial charge in [0.05, 0.1) is 15.1 Å². The number of benzene rings is 1. The maximum atomic E-state index is 12.8. The van der Waals surface area contributed by atoms with Crippen LogP contribution in [0.5, 0.6) is 0 Å². The SMILES string of the molecule is CCCn1nc(C(=O)Nc2nc3ccc(S(=O)(=O)N4CCCC4)cc3s2)ccc1=O. The maximum absolute atomic E-state index is 12.8. The van der Waals surface area contributed by atoms with Gasteiger partial charge in [-0.1, -0.05) is 18.3 Å². The predicted molar refractivity (Wildman–Crippen MR) is 114 cm³/mol. The van der Waals surface area contributed by atoms with E-state index in [1.54, 1.807) is 18.2 Å². The summed E-state index contributed by atoms with van der Waals surface area (Å²) in [4.78, 5) is 28.9. The molecule has 4 rings (SSSR count). The lowest BCUT2D eigenvalue weighted by atomic mass is 10.3. The molecule has 30 heavy (non-hydrogen) atoms. The molecule has 3 heterocycles. The Kier molecular flexibility index (Phi) is 5.67. The van der Waals surface area contributed by atoms with Crippen molar-refractivity contribution < 1.29 is 13.2 Å². The summed E-state index contributed by atoms with van der Waals surface area (Å²) in [6, 6.07) is 7.47. The van der Waals surface area contributed by atoms with Crippen LogP contribution in [0.4, 0.5) is 5.13 Å². The summed E-state index contributed by atoms with van der Waals surface area (Å²) in [5.41, 5.74) is 0.444. The molecule has 11 heteroatoms. The van der Waals surface area contributed by atoms with Crippen molar-refractivity contribution in [2.75, 3.05) is 18.4 Å². The van der Waals surface area contributed by atoms with Crippen LogP contribution in [-0.4, -0.2) is 46.5 Å². The highest BCUT2D eigenvalue weighted by Crippen LogP contribution is 2.30. The minimum atomic E-state index is -3.52. The molecule has 1 fully saturated rings. The molecule has 1 aliphatic rings. The Balaban J connectivity index is 1.58. The summed E-state index contributed by atoms with van der Waals surface area (Å²) < 4.78 is 28.9. The van der Waals surface area contributed by atoms with Crippen LogP contribution in [0, 0.1) is 0 Å². The lowest BCUT2D eigenvalue weighted by Crippen LogP contribution is -2.27. The van der Waals surface area contributed by atoms with Crippen LogP contribution in [0.3, 0.4) is 0 Å². The quantitative estimate of drug-likeness (QED) is 0.620. The minimum Gasteiger partial charge on any atom is -0.296 e. The Hall–Kier alpha value is -2.63. The van der Waals surface area contributed by atoms with Crippen molar-refractivity contribution in [1.82, 2.24) is 19.1 Å². The van der Waals surface area contributed by atoms with E-state index in [1.165, 1.54) is 32.5 Å². The number of fused-ring (bicyclic) bond motifs is 1. The number of nitrogens with one attached hydrogen (secondary N) is 1. The van der Waals surface area contributed by atoms with E-state index >= 15 is 0 Å². The summed E-state index contributed by atoms with van der Waals surface area (Å²) in [7, 11) is -3.52. The van der Waals surface area contributed by atoms with Crippen LogP contribution < -0.4 is 10.9 Å². The molecule has 0 bridgehead atoms. The van der Waals surface area contributed by atoms with Crippen molar-refractivity contribution in [3.05, 3.63) is 46.4 Å². The lowest BCUT2D eigenvalue weighted by molar-refractivity contribution is 0.101. The van der Waals surface area contributed by atoms with E-state index in [9.17, 15) is 18.0 Å². The zero-order chi connectivity index (χ0) is 21.3. The van der Waals surface area contributed by atoms with E-state index in [0.29, 0.717) is 35.0 Å². The van der Waals surface area contributed by atoms with Crippen molar-refractivity contribution in [3.63, 3.8) is 0 Å². The molecule has 0 aliphatic carbocycles. The molecule has 158 valence electrons. The van der Waals surface area contributed by atoms with Crippen LogP contribution in [-0.2, 0) is 16.6 Å². The standard InChI is InChI=1S/C19H21N5O4S2/c1-2-9-24-17(25)8-7-15(22-24)18(26)21-19-20-14-6-5-13(12-16(14)29-19)30(27,28)23-10-3-4-11-23/h5-8,12H,2-4,9-11H2,1H3,(H,20,21,26). The highest BCUT2D eigenvalue weighted by atomic mass is 32.2. The van der Waals surface area contributed by atoms with Gasteiger partial charge in [0.1, 0.15) is 5.69 Å². The number of aryl methyl sites for hydroxylation is 1. The predicted octanol–water partition coefficient (Wildman–Crippen LogP) is 2.30. The molecule has 1 aromatic carbocycles. The number of aromatic nitrogens is 3. The fraction of sp³-hybridized carbons (Fsp3) is 0.368. The van der Waals surface area contributed by atoms with Gasteiger partial charge in [-0.2, -0.15) is 9.40 Å². The zero-order valence-corrected chi connectivity index (χ0v) is 18.0. The van der Waals surface area contributed by atoms with Gasteiger partial charge in [-0.15, -0.1) is 0 Å². The fourth-order valence-corrected chi connectivity index (χ4v) is 5.82. The first kappa shape index (κ1) is 20.6. The van der Waals surface area contributed by atoms with Gasteiger partial charge in [0.2, 0.25) is 10.0 Å². The number of rotatable bonds is 6. The van der Waals surface area contributed by atoms with E-state index in [0.717, 1.165) is 19.3 Å². The van der Waals surface area contributed by atoms with Crippen LogP contribution in [0.15, 0.2) is 40.0 Å². The summed E-state index contributed by atoms with van der Waals surface area (Å²) >= 11 is 1.19. The van der Waals surface area contributed by atoms with Crippen molar-refractivity contribution in [2.45, 2.75) is 37.6 Å². The molecule has 1 saturated heterocycles. The van der Waals surface area contributed by atoms with E-state index < -0.39 is 15.9 Å². The zero-order valence-electron chi connectivity index (χ0n) is 16.4. The summed E-state index contributed by atoms with van der Waals surface area (Å²) in [6.07, 6.45) is 2.47. The maximum Gasteiger partial charge on any atom is 0.277 e. The summed E-state index contributed by atoms with van der Waals surface area (Å²) in [5, 5.41) is 7.10. The number of hydrogen-bond donors (Lipinski definition) is 1. The topological polar surface area (TPSA) is 114 Å². The van der Waals surface area contributed by atoms with Gasteiger partial charge in [-0.05, 0) is 43.5 Å². The Morgan fingerprint density at radius 2 is 1.97 bits per heavy atom. The molecule has 0 unspecified atom stereocenters. The largest absolute Gasteiger partial charge is 0.296 e. The lowest BCUT2D eigenvalue weighted by Gasteiger charge is -2.15. The summed E-state index contributed by atoms with van der Waals surface area (Å²) in [6.45, 7) is 3.42. The molecule has 0 saturated carbocycles. The van der Waals surface area contributed by atoms with Crippen molar-refractivity contribution in [2.24, 2.45) is 0 Å². The highest BCUT2D eigenvalue weighted by molar-refractivity contribution is 7.89. The monoisotopic (exact) mass is 447 g/mol. The molecule has 2 aromatic heterocycles. The Morgan fingerprint density at radius 3 is 2.70 bits per heavy atom. The number of thiazole rings is 1. The average molecular weight is 448 g/mol. The Bertz CT molecular complexity index is 1260. The van der Waals surface area contributed by atoms with Gasteiger partial charge in [0.25, 0.3) is 11.5 Å². The van der Waals surface area contributed by atoms with E-state index in [-0.39, 0.29) is 16.1 Å². The van der Waals surface area contributed by atoms with Crippen molar-refractivity contribution in [3.8, 4) is 0 Å². The second kappa shape index (κ2) is 8.25. The third-order valence-electron chi connectivity index (χ3n) is 4.82. The summed E-state index contributed by atoms with van der Waals surface area (Å²) in [5.74, 6) is -0.483. The van der Waals surface area contributed by atoms with Gasteiger partial charge in [-0.25, -0.2) is 18.1 Å². The molecule has 0 atom stereocenters. The molecule has 1 aliphatic heterocycles. The van der Waals surface area contributed by atoms with Gasteiger partial charge in [0, 0.05) is 25.7 Å². The second-order valence-corrected chi connectivity index (χ2v) is 9.96. The number of carbonyl (C=O) groups excluding carboxylic acids is 1. The first-order valence-corrected chi connectivity index (χ1v) is 11.9. The molecular weight excluding hydrogens is 426 g/mol. The second-order valence-electron chi connectivity index (χ2n) is 6.99. The number of amides is 1. The first-order chi connectivity index (χ1) is 14.4. The average Bonchev–Trinajstić information content (AvgIpc) is 3.39. The third kappa shape index (κ3) is 4.00. The number of carbonyl (C=O) groups is 1. The highest BCUT2D eigenvalue weighted by Gasteiger charge is 2.27.